The molecule has 0 unspecified atom stereocenters. The van der Waals surface area contributed by atoms with Crippen LogP contribution in [0.15, 0.2) is 0 Å². The van der Waals surface area contributed by atoms with E-state index in [0.717, 1.165) is 4.90 Å². The molecule has 0 aromatic rings. The van der Waals surface area contributed by atoms with Crippen molar-refractivity contribution < 1.29 is 24.3 Å². The second kappa shape index (κ2) is 3.83. The molecule has 0 bridgehead atoms. The molecular formula is C10H12N2O5. The molecule has 2 aliphatic rings. The number of aliphatic carboxylic acids is 1. The number of carboxylic acids is 1. The number of rotatable bonds is 2. The molecular weight excluding hydrogens is 228 g/mol. The van der Waals surface area contributed by atoms with Gasteiger partial charge in [-0.2, -0.15) is 0 Å². The summed E-state index contributed by atoms with van der Waals surface area (Å²) < 4.78 is 0. The van der Waals surface area contributed by atoms with Crippen molar-refractivity contribution in [2.24, 2.45) is 5.41 Å². The average Bonchev–Trinajstić information content (AvgIpc) is 2.13. The van der Waals surface area contributed by atoms with Crippen LogP contribution in [0.3, 0.4) is 0 Å². The smallest absolute Gasteiger partial charge is 0.319 e. The number of nitrogens with zero attached hydrogens (tertiary/aromatic N) is 1. The summed E-state index contributed by atoms with van der Waals surface area (Å²) in [5.74, 6) is -2.95. The molecule has 2 rings (SSSR count). The summed E-state index contributed by atoms with van der Waals surface area (Å²) in [4.78, 5) is 46.4. The van der Waals surface area contributed by atoms with Gasteiger partial charge in [-0.3, -0.25) is 24.5 Å². The van der Waals surface area contributed by atoms with Crippen molar-refractivity contribution in [2.75, 3.05) is 13.1 Å². The summed E-state index contributed by atoms with van der Waals surface area (Å²) in [5, 5.41) is 11.1. The molecule has 7 nitrogen and oxygen atoms in total. The summed E-state index contributed by atoms with van der Waals surface area (Å²) in [7, 11) is 0. The maximum atomic E-state index is 12.0. The van der Waals surface area contributed by atoms with Gasteiger partial charge in [-0.05, 0) is 12.8 Å². The van der Waals surface area contributed by atoms with Gasteiger partial charge in [0.2, 0.25) is 17.7 Å². The van der Waals surface area contributed by atoms with Crippen molar-refractivity contribution in [2.45, 2.75) is 19.3 Å². The molecule has 17 heavy (non-hydrogen) atoms. The molecule has 0 spiro atoms. The predicted molar refractivity (Wildman–Crippen MR) is 53.6 cm³/mol. The highest BCUT2D eigenvalue weighted by Gasteiger charge is 2.53. The van der Waals surface area contributed by atoms with Gasteiger partial charge in [0.05, 0.1) is 0 Å². The number of amides is 3. The second-order valence-electron chi connectivity index (χ2n) is 4.37. The third-order valence-electron chi connectivity index (χ3n) is 3.26. The van der Waals surface area contributed by atoms with Gasteiger partial charge in [-0.25, -0.2) is 0 Å². The first kappa shape index (κ1) is 11.6. The SMILES string of the molecule is O=C1CN(C(=O)C2(C(=O)O)CCC2)CC(=O)N1. The Hall–Kier alpha value is -1.92. The lowest BCUT2D eigenvalue weighted by atomic mass is 9.67. The van der Waals surface area contributed by atoms with E-state index in [0.29, 0.717) is 6.42 Å². The lowest BCUT2D eigenvalue weighted by molar-refractivity contribution is -0.170. The minimum Gasteiger partial charge on any atom is -0.480 e. The van der Waals surface area contributed by atoms with Crippen LogP contribution in [-0.2, 0) is 19.2 Å². The highest BCUT2D eigenvalue weighted by Crippen LogP contribution is 2.42. The van der Waals surface area contributed by atoms with E-state index in [-0.39, 0.29) is 25.9 Å². The minimum atomic E-state index is -1.42. The zero-order valence-electron chi connectivity index (χ0n) is 9.06. The quantitative estimate of drug-likeness (QED) is 0.462. The van der Waals surface area contributed by atoms with Crippen LogP contribution in [0.25, 0.3) is 0 Å². The Labute approximate surface area is 96.8 Å². The fourth-order valence-corrected chi connectivity index (χ4v) is 2.13. The summed E-state index contributed by atoms with van der Waals surface area (Å²) in [6.07, 6.45) is 1.22. The van der Waals surface area contributed by atoms with Crippen LogP contribution >= 0.6 is 0 Å². The molecule has 1 heterocycles. The first-order chi connectivity index (χ1) is 7.95. The normalized spacial score (nSPS) is 22.7. The van der Waals surface area contributed by atoms with Crippen molar-refractivity contribution in [3.05, 3.63) is 0 Å². The number of imide groups is 1. The van der Waals surface area contributed by atoms with E-state index in [1.165, 1.54) is 0 Å². The first-order valence-corrected chi connectivity index (χ1v) is 5.31. The van der Waals surface area contributed by atoms with Crippen molar-refractivity contribution in [3.63, 3.8) is 0 Å². The van der Waals surface area contributed by atoms with Gasteiger partial charge in [-0.1, -0.05) is 6.42 Å². The molecule has 0 aromatic heterocycles. The number of piperazine rings is 1. The van der Waals surface area contributed by atoms with Crippen LogP contribution in [0.2, 0.25) is 0 Å². The molecule has 92 valence electrons. The van der Waals surface area contributed by atoms with Crippen LogP contribution in [0.5, 0.6) is 0 Å². The maximum Gasteiger partial charge on any atom is 0.319 e. The van der Waals surface area contributed by atoms with Crippen molar-refractivity contribution in [1.29, 1.82) is 0 Å². The number of hydrogen-bond donors (Lipinski definition) is 2. The molecule has 0 radical (unpaired) electrons. The van der Waals surface area contributed by atoms with E-state index in [4.69, 9.17) is 5.11 Å². The molecule has 0 atom stereocenters. The largest absolute Gasteiger partial charge is 0.480 e. The summed E-state index contributed by atoms with van der Waals surface area (Å²) in [5.41, 5.74) is -1.42. The Morgan fingerprint density at radius 2 is 1.71 bits per heavy atom. The standard InChI is InChI=1S/C10H12N2O5/c13-6-4-12(5-7(14)11-6)8(15)10(9(16)17)2-1-3-10/h1-5H2,(H,16,17)(H,11,13,14). The molecule has 1 saturated carbocycles. The monoisotopic (exact) mass is 240 g/mol. The van der Waals surface area contributed by atoms with Gasteiger partial charge in [-0.15, -0.1) is 0 Å². The maximum absolute atomic E-state index is 12.0. The third-order valence-corrected chi connectivity index (χ3v) is 3.26. The van der Waals surface area contributed by atoms with Crippen molar-refractivity contribution in [1.82, 2.24) is 10.2 Å². The summed E-state index contributed by atoms with van der Waals surface area (Å²) >= 11 is 0. The fourth-order valence-electron chi connectivity index (χ4n) is 2.13. The molecule has 2 fully saturated rings. The van der Waals surface area contributed by atoms with Gasteiger partial charge in [0.1, 0.15) is 18.5 Å². The number of hydrogen-bond acceptors (Lipinski definition) is 4. The Bertz CT molecular complexity index is 397. The molecule has 1 saturated heterocycles. The van der Waals surface area contributed by atoms with Crippen LogP contribution in [0.1, 0.15) is 19.3 Å². The topological polar surface area (TPSA) is 104 Å². The number of carbonyl (C=O) groups excluding carboxylic acids is 3. The van der Waals surface area contributed by atoms with Gasteiger partial charge in [0.15, 0.2) is 0 Å². The molecule has 1 aliphatic carbocycles. The van der Waals surface area contributed by atoms with Crippen LogP contribution in [0, 0.1) is 5.41 Å². The third kappa shape index (κ3) is 1.77. The first-order valence-electron chi connectivity index (χ1n) is 5.31. The minimum absolute atomic E-state index is 0.250. The molecule has 0 aromatic carbocycles. The second-order valence-corrected chi connectivity index (χ2v) is 4.37. The van der Waals surface area contributed by atoms with Gasteiger partial charge in [0, 0.05) is 0 Å². The lowest BCUT2D eigenvalue weighted by Gasteiger charge is -2.40. The van der Waals surface area contributed by atoms with Gasteiger partial charge in [0.25, 0.3) is 0 Å². The van der Waals surface area contributed by atoms with Crippen LogP contribution < -0.4 is 5.32 Å². The van der Waals surface area contributed by atoms with Gasteiger partial charge < -0.3 is 10.0 Å². The van der Waals surface area contributed by atoms with E-state index < -0.39 is 29.1 Å². The van der Waals surface area contributed by atoms with E-state index in [9.17, 15) is 19.2 Å². The van der Waals surface area contributed by atoms with E-state index in [1.54, 1.807) is 0 Å². The average molecular weight is 240 g/mol. The summed E-state index contributed by atoms with van der Waals surface area (Å²) in [6.45, 7) is -0.501. The molecule has 1 aliphatic heterocycles. The van der Waals surface area contributed by atoms with E-state index >= 15 is 0 Å². The Morgan fingerprint density at radius 3 is 2.06 bits per heavy atom. The fraction of sp³-hybridized carbons (Fsp3) is 0.600. The van der Waals surface area contributed by atoms with Gasteiger partial charge >= 0.3 is 5.97 Å². The predicted octanol–water partition coefficient (Wildman–Crippen LogP) is -1.27. The Morgan fingerprint density at radius 1 is 1.18 bits per heavy atom. The van der Waals surface area contributed by atoms with Crippen molar-refractivity contribution >= 4 is 23.7 Å². The zero-order valence-corrected chi connectivity index (χ0v) is 9.06. The van der Waals surface area contributed by atoms with Crippen molar-refractivity contribution in [3.8, 4) is 0 Å². The van der Waals surface area contributed by atoms with E-state index in [1.807, 2.05) is 0 Å². The van der Waals surface area contributed by atoms with E-state index in [2.05, 4.69) is 5.32 Å². The highest BCUT2D eigenvalue weighted by atomic mass is 16.4. The number of nitrogens with one attached hydrogen (secondary N) is 1. The summed E-state index contributed by atoms with van der Waals surface area (Å²) in [6, 6.07) is 0. The molecule has 3 amide bonds. The highest BCUT2D eigenvalue weighted by molar-refractivity contribution is 6.08. The number of carboxylic acid groups (broad SMARTS) is 1. The molecule has 2 N–H and O–H groups in total. The van der Waals surface area contributed by atoms with Crippen LogP contribution in [0.4, 0.5) is 0 Å². The molecule has 7 heteroatoms. The Kier molecular flexibility index (Phi) is 2.60. The lowest BCUT2D eigenvalue weighted by Crippen LogP contribution is -2.60. The van der Waals surface area contributed by atoms with Crippen LogP contribution in [-0.4, -0.2) is 46.8 Å². The number of carbonyl (C=O) groups is 4. The zero-order chi connectivity index (χ0) is 12.6. The Balaban J connectivity index is 2.16.